The lowest BCUT2D eigenvalue weighted by Crippen LogP contribution is -2.29. The van der Waals surface area contributed by atoms with Crippen molar-refractivity contribution in [3.8, 4) is 17.3 Å². The zero-order valence-electron chi connectivity index (χ0n) is 21.4. The number of hydrogen-bond donors (Lipinski definition) is 0. The molecule has 0 fully saturated rings. The fourth-order valence-electron chi connectivity index (χ4n) is 4.31. The highest BCUT2D eigenvalue weighted by Crippen LogP contribution is 2.34. The van der Waals surface area contributed by atoms with Crippen LogP contribution in [0.4, 0.5) is 13.2 Å². The van der Waals surface area contributed by atoms with Gasteiger partial charge < -0.3 is 9.30 Å². The second kappa shape index (κ2) is 13.3. The number of ether oxygens (including phenoxy) is 1. The lowest BCUT2D eigenvalue weighted by molar-refractivity contribution is -0.137. The van der Waals surface area contributed by atoms with Gasteiger partial charge in [0.15, 0.2) is 0 Å². The van der Waals surface area contributed by atoms with Crippen molar-refractivity contribution in [3.63, 3.8) is 0 Å². The van der Waals surface area contributed by atoms with E-state index < -0.39 is 22.9 Å². The summed E-state index contributed by atoms with van der Waals surface area (Å²) in [6.45, 7) is 5.31. The maximum atomic E-state index is 13.7. The number of halogens is 3. The molecule has 0 atom stereocenters. The number of alkyl halides is 3. The first-order valence-electron chi connectivity index (χ1n) is 12.7. The van der Waals surface area contributed by atoms with Gasteiger partial charge in [0.1, 0.15) is 11.6 Å². The van der Waals surface area contributed by atoms with Crippen molar-refractivity contribution >= 4 is 0 Å². The maximum absolute atomic E-state index is 13.7. The number of nitriles is 1. The molecule has 0 amide bonds. The fraction of sp³-hybridized carbons (Fsp3) is 0.400. The second-order valence-corrected chi connectivity index (χ2v) is 9.27. The van der Waals surface area contributed by atoms with E-state index in [0.717, 1.165) is 54.9 Å². The molecule has 3 rings (SSSR count). The van der Waals surface area contributed by atoms with E-state index in [9.17, 15) is 23.2 Å². The molecule has 0 aliphatic heterocycles. The van der Waals surface area contributed by atoms with Crippen molar-refractivity contribution < 1.29 is 17.9 Å². The molecular formula is C30H33F3N2O2. The number of benzene rings is 1. The molecule has 0 unspecified atom stereocenters. The summed E-state index contributed by atoms with van der Waals surface area (Å²) in [6, 6.07) is 9.40. The minimum absolute atomic E-state index is 0.116. The molecule has 0 bridgehead atoms. The number of nitrogens with zero attached hydrogens (tertiary/aromatic N) is 2. The highest BCUT2D eigenvalue weighted by atomic mass is 19.4. The number of aryl methyl sites for hydroxylation is 1. The molecule has 0 N–H and O–H groups in total. The van der Waals surface area contributed by atoms with Crippen LogP contribution in [0.5, 0.6) is 0 Å². The van der Waals surface area contributed by atoms with Crippen LogP contribution in [0.25, 0.3) is 11.3 Å². The number of unbranched alkanes of at least 4 members (excludes halogenated alkanes) is 2. The first-order valence-corrected chi connectivity index (χ1v) is 12.7. The van der Waals surface area contributed by atoms with E-state index >= 15 is 0 Å². The predicted octanol–water partition coefficient (Wildman–Crippen LogP) is 7.51. The zero-order chi connectivity index (χ0) is 26.8. The zero-order valence-corrected chi connectivity index (χ0v) is 21.4. The van der Waals surface area contributed by atoms with Crippen LogP contribution < -0.4 is 5.56 Å². The Kier molecular flexibility index (Phi) is 10.1. The molecule has 37 heavy (non-hydrogen) atoms. The summed E-state index contributed by atoms with van der Waals surface area (Å²) >= 11 is 0. The van der Waals surface area contributed by atoms with Crippen LogP contribution in [-0.2, 0) is 17.5 Å². The van der Waals surface area contributed by atoms with Crippen LogP contribution in [0.1, 0.15) is 62.1 Å². The van der Waals surface area contributed by atoms with Gasteiger partial charge in [-0.3, -0.25) is 4.79 Å². The molecule has 1 aliphatic rings. The summed E-state index contributed by atoms with van der Waals surface area (Å²) in [6.07, 6.45) is 9.07. The number of allylic oxidation sites excluding steroid dienone is 5. The van der Waals surface area contributed by atoms with Crippen LogP contribution in [0, 0.1) is 18.3 Å². The molecule has 0 spiro atoms. The standard InChI is InChI=1S/C30H33F3N2O2/c1-3-4-5-6-7-8-16-37-21-24-14-12-23(13-15-24)20-35-28(25-11-9-10-22(2)17-25)18-27(30(31,32)33)26(19-34)29(35)36/h4-5,9-12,14,17-18H,3,6-8,13,15-16,20-21H2,1-2H3/b5-4+. The third-order valence-corrected chi connectivity index (χ3v) is 6.31. The van der Waals surface area contributed by atoms with Crippen molar-refractivity contribution in [2.45, 2.75) is 65.1 Å². The number of hydrogen-bond acceptors (Lipinski definition) is 3. The van der Waals surface area contributed by atoms with E-state index in [-0.39, 0.29) is 12.2 Å². The molecule has 1 heterocycles. The van der Waals surface area contributed by atoms with Gasteiger partial charge in [-0.05, 0) is 68.7 Å². The predicted molar refractivity (Wildman–Crippen MR) is 140 cm³/mol. The SMILES string of the molecule is CC/C=C/CCCCOCC1=CC=C(Cn2c(-c3cccc(C)c3)cc(C(F)(F)F)c(C#N)c2=O)CC1. The highest BCUT2D eigenvalue weighted by Gasteiger charge is 2.36. The molecule has 0 saturated heterocycles. The maximum Gasteiger partial charge on any atom is 0.417 e. The van der Waals surface area contributed by atoms with Gasteiger partial charge in [0.25, 0.3) is 5.56 Å². The van der Waals surface area contributed by atoms with E-state index in [1.165, 1.54) is 10.6 Å². The Balaban J connectivity index is 1.79. The van der Waals surface area contributed by atoms with Crippen LogP contribution in [-0.4, -0.2) is 17.8 Å². The Morgan fingerprint density at radius 3 is 2.51 bits per heavy atom. The number of pyridine rings is 1. The highest BCUT2D eigenvalue weighted by molar-refractivity contribution is 5.63. The van der Waals surface area contributed by atoms with E-state index in [2.05, 4.69) is 19.1 Å². The molecule has 4 nitrogen and oxygen atoms in total. The van der Waals surface area contributed by atoms with Gasteiger partial charge in [0.05, 0.1) is 17.9 Å². The Labute approximate surface area is 216 Å². The van der Waals surface area contributed by atoms with Gasteiger partial charge in [-0.15, -0.1) is 0 Å². The van der Waals surface area contributed by atoms with E-state index in [1.807, 2.05) is 25.1 Å². The molecular weight excluding hydrogens is 477 g/mol. The first-order chi connectivity index (χ1) is 17.7. The minimum atomic E-state index is -4.81. The lowest BCUT2D eigenvalue weighted by Gasteiger charge is -2.21. The van der Waals surface area contributed by atoms with Crippen LogP contribution in [0.3, 0.4) is 0 Å². The summed E-state index contributed by atoms with van der Waals surface area (Å²) in [7, 11) is 0. The Bertz CT molecular complexity index is 1280. The van der Waals surface area contributed by atoms with Crippen molar-refractivity contribution in [2.24, 2.45) is 0 Å². The molecule has 1 aromatic carbocycles. The Hall–Kier alpha value is -3.37. The van der Waals surface area contributed by atoms with Gasteiger partial charge in [-0.1, -0.05) is 60.6 Å². The van der Waals surface area contributed by atoms with Gasteiger partial charge in [0.2, 0.25) is 0 Å². The van der Waals surface area contributed by atoms with E-state index in [0.29, 0.717) is 25.2 Å². The van der Waals surface area contributed by atoms with Crippen molar-refractivity contribution in [2.75, 3.05) is 13.2 Å². The molecule has 2 aromatic rings. The summed E-state index contributed by atoms with van der Waals surface area (Å²) in [5.74, 6) is 0. The average Bonchev–Trinajstić information content (AvgIpc) is 2.87. The van der Waals surface area contributed by atoms with Crippen LogP contribution in [0.2, 0.25) is 0 Å². The Morgan fingerprint density at radius 1 is 1.11 bits per heavy atom. The van der Waals surface area contributed by atoms with Crippen molar-refractivity contribution in [1.29, 1.82) is 5.26 Å². The normalized spacial score (nSPS) is 13.9. The molecule has 1 aliphatic carbocycles. The summed E-state index contributed by atoms with van der Waals surface area (Å²) in [5, 5.41) is 9.40. The fourth-order valence-corrected chi connectivity index (χ4v) is 4.31. The molecule has 196 valence electrons. The molecule has 7 heteroatoms. The molecule has 0 radical (unpaired) electrons. The van der Waals surface area contributed by atoms with Gasteiger partial charge in [-0.2, -0.15) is 18.4 Å². The van der Waals surface area contributed by atoms with Gasteiger partial charge in [0, 0.05) is 13.2 Å². The topological polar surface area (TPSA) is 55.0 Å². The number of rotatable bonds is 11. The lowest BCUT2D eigenvalue weighted by atomic mass is 9.97. The third-order valence-electron chi connectivity index (χ3n) is 6.31. The molecule has 0 saturated carbocycles. The smallest absolute Gasteiger partial charge is 0.377 e. The van der Waals surface area contributed by atoms with Crippen molar-refractivity contribution in [3.05, 3.63) is 92.8 Å². The molecule has 1 aromatic heterocycles. The van der Waals surface area contributed by atoms with E-state index in [4.69, 9.17) is 4.74 Å². The second-order valence-electron chi connectivity index (χ2n) is 9.27. The average molecular weight is 511 g/mol. The summed E-state index contributed by atoms with van der Waals surface area (Å²) in [5.41, 5.74) is 0.544. The number of aromatic nitrogens is 1. The minimum Gasteiger partial charge on any atom is -0.377 e. The summed E-state index contributed by atoms with van der Waals surface area (Å²) < 4.78 is 48.2. The quantitative estimate of drug-likeness (QED) is 0.232. The van der Waals surface area contributed by atoms with E-state index in [1.54, 1.807) is 18.2 Å². The monoisotopic (exact) mass is 510 g/mol. The summed E-state index contributed by atoms with van der Waals surface area (Å²) in [4.78, 5) is 13.1. The van der Waals surface area contributed by atoms with Crippen molar-refractivity contribution in [1.82, 2.24) is 4.57 Å². The van der Waals surface area contributed by atoms with Gasteiger partial charge >= 0.3 is 6.18 Å². The Morgan fingerprint density at radius 2 is 1.86 bits per heavy atom. The van der Waals surface area contributed by atoms with Gasteiger partial charge in [-0.25, -0.2) is 0 Å². The van der Waals surface area contributed by atoms with Crippen LogP contribution >= 0.6 is 0 Å². The third kappa shape index (κ3) is 7.80. The first kappa shape index (κ1) is 28.2. The largest absolute Gasteiger partial charge is 0.417 e. The van der Waals surface area contributed by atoms with Crippen LogP contribution in [0.15, 0.2) is 70.6 Å².